The predicted molar refractivity (Wildman–Crippen MR) is 128 cm³/mol. The van der Waals surface area contributed by atoms with Crippen LogP contribution in [0.3, 0.4) is 0 Å². The van der Waals surface area contributed by atoms with Crippen LogP contribution < -0.4 is 14.8 Å². The van der Waals surface area contributed by atoms with Crippen molar-refractivity contribution in [2.45, 2.75) is 25.4 Å². The first kappa shape index (κ1) is 23.3. The maximum Gasteiger partial charge on any atom is 0.230 e. The van der Waals surface area contributed by atoms with Gasteiger partial charge in [0.15, 0.2) is 11.5 Å². The minimum atomic E-state index is -0.0712. The maximum atomic E-state index is 12.3. The number of benzene rings is 2. The molecule has 10 heteroatoms. The molecule has 0 bridgehead atoms. The first-order chi connectivity index (χ1) is 15.1. The number of amides is 1. The van der Waals surface area contributed by atoms with E-state index in [1.807, 2.05) is 56.3 Å². The summed E-state index contributed by atoms with van der Waals surface area (Å²) in [6.07, 6.45) is 0.698. The van der Waals surface area contributed by atoms with Gasteiger partial charge in [0.2, 0.25) is 11.1 Å². The average Bonchev–Trinajstić information content (AvgIpc) is 3.23. The van der Waals surface area contributed by atoms with E-state index in [4.69, 9.17) is 9.47 Å². The monoisotopic (exact) mass is 553 g/mol. The van der Waals surface area contributed by atoms with Crippen LogP contribution in [0.25, 0.3) is 5.69 Å². The summed E-state index contributed by atoms with van der Waals surface area (Å²) in [5.41, 5.74) is 1.93. The van der Waals surface area contributed by atoms with Crippen LogP contribution in [-0.4, -0.2) is 51.6 Å². The smallest absolute Gasteiger partial charge is 0.230 e. The van der Waals surface area contributed by atoms with Gasteiger partial charge in [-0.2, -0.15) is 4.68 Å². The molecule has 0 aliphatic heterocycles. The number of halogens is 1. The zero-order valence-electron chi connectivity index (χ0n) is 17.4. The highest BCUT2D eigenvalue weighted by molar-refractivity contribution is 14.1. The predicted octanol–water partition coefficient (Wildman–Crippen LogP) is 3.52. The zero-order chi connectivity index (χ0) is 22.1. The van der Waals surface area contributed by atoms with E-state index in [2.05, 4.69) is 43.4 Å². The van der Waals surface area contributed by atoms with E-state index in [1.54, 1.807) is 4.68 Å². The Labute approximate surface area is 199 Å². The first-order valence-electron chi connectivity index (χ1n) is 9.93. The van der Waals surface area contributed by atoms with E-state index in [0.717, 1.165) is 26.3 Å². The van der Waals surface area contributed by atoms with Gasteiger partial charge in [0.25, 0.3) is 0 Å². The molecule has 2 aromatic carbocycles. The largest absolute Gasteiger partial charge is 0.490 e. The standard InChI is InChI=1S/C21H24IN5O3S/c1-3-29-18-10-5-15(13-19(18)30-4-2)11-12-23-20(28)14-31-21-24-25-26-27(21)17-8-6-16(22)7-9-17/h5-10,13H,3-4,11-12,14H2,1-2H3,(H,23,28). The molecule has 0 fully saturated rings. The van der Waals surface area contributed by atoms with Gasteiger partial charge >= 0.3 is 0 Å². The summed E-state index contributed by atoms with van der Waals surface area (Å²) < 4.78 is 14.0. The van der Waals surface area contributed by atoms with Crippen LogP contribution in [0.15, 0.2) is 47.6 Å². The SMILES string of the molecule is CCOc1ccc(CCNC(=O)CSc2nnnn2-c2ccc(I)cc2)cc1OCC. The van der Waals surface area contributed by atoms with Crippen molar-refractivity contribution in [3.63, 3.8) is 0 Å². The van der Waals surface area contributed by atoms with Crippen LogP contribution >= 0.6 is 34.4 Å². The Morgan fingerprint density at radius 3 is 2.58 bits per heavy atom. The summed E-state index contributed by atoms with van der Waals surface area (Å²) in [7, 11) is 0. The Kier molecular flexibility index (Phi) is 8.95. The molecular weight excluding hydrogens is 529 g/mol. The molecule has 0 spiro atoms. The third kappa shape index (κ3) is 6.82. The number of carbonyl (C=O) groups excluding carboxylic acids is 1. The molecule has 3 rings (SSSR count). The van der Waals surface area contributed by atoms with E-state index in [0.29, 0.717) is 31.3 Å². The highest BCUT2D eigenvalue weighted by atomic mass is 127. The van der Waals surface area contributed by atoms with Gasteiger partial charge in [-0.3, -0.25) is 4.79 Å². The van der Waals surface area contributed by atoms with Crippen molar-refractivity contribution < 1.29 is 14.3 Å². The number of tetrazole rings is 1. The van der Waals surface area contributed by atoms with Gasteiger partial charge < -0.3 is 14.8 Å². The van der Waals surface area contributed by atoms with Crippen molar-refractivity contribution in [3.05, 3.63) is 51.6 Å². The fourth-order valence-corrected chi connectivity index (χ4v) is 3.87. The number of hydrogen-bond donors (Lipinski definition) is 1. The summed E-state index contributed by atoms with van der Waals surface area (Å²) in [5.74, 6) is 1.63. The third-order valence-corrected chi connectivity index (χ3v) is 5.83. The van der Waals surface area contributed by atoms with Gasteiger partial charge in [0.1, 0.15) is 0 Å². The van der Waals surface area contributed by atoms with Gasteiger partial charge in [0.05, 0.1) is 24.7 Å². The third-order valence-electron chi connectivity index (χ3n) is 4.19. The average molecular weight is 553 g/mol. The molecule has 0 saturated heterocycles. The fraction of sp³-hybridized carbons (Fsp3) is 0.333. The molecule has 0 aliphatic carbocycles. The molecule has 1 N–H and O–H groups in total. The summed E-state index contributed by atoms with van der Waals surface area (Å²) in [5, 5.41) is 15.3. The second-order valence-electron chi connectivity index (χ2n) is 6.39. The number of aromatic nitrogens is 4. The molecule has 0 radical (unpaired) electrons. The minimum Gasteiger partial charge on any atom is -0.490 e. The number of nitrogens with zero attached hydrogens (tertiary/aromatic N) is 4. The maximum absolute atomic E-state index is 12.3. The van der Waals surface area contributed by atoms with Crippen molar-refractivity contribution in [1.29, 1.82) is 0 Å². The zero-order valence-corrected chi connectivity index (χ0v) is 20.4. The molecule has 0 aliphatic rings. The molecule has 8 nitrogen and oxygen atoms in total. The van der Waals surface area contributed by atoms with E-state index in [1.165, 1.54) is 11.8 Å². The Hall–Kier alpha value is -2.34. The Bertz CT molecular complexity index is 997. The number of ether oxygens (including phenoxy) is 2. The highest BCUT2D eigenvalue weighted by Crippen LogP contribution is 2.28. The Morgan fingerprint density at radius 2 is 1.84 bits per heavy atom. The van der Waals surface area contributed by atoms with Crippen LogP contribution in [0, 0.1) is 3.57 Å². The van der Waals surface area contributed by atoms with E-state index in [9.17, 15) is 4.79 Å². The van der Waals surface area contributed by atoms with Crippen molar-refractivity contribution in [1.82, 2.24) is 25.5 Å². The lowest BCUT2D eigenvalue weighted by atomic mass is 10.1. The van der Waals surface area contributed by atoms with Crippen molar-refractivity contribution >= 4 is 40.3 Å². The van der Waals surface area contributed by atoms with E-state index < -0.39 is 0 Å². The van der Waals surface area contributed by atoms with Gasteiger partial charge in [-0.25, -0.2) is 0 Å². The van der Waals surface area contributed by atoms with Crippen LogP contribution in [0.5, 0.6) is 11.5 Å². The van der Waals surface area contributed by atoms with Crippen LogP contribution in [0.4, 0.5) is 0 Å². The molecule has 0 saturated carbocycles. The first-order valence-corrected chi connectivity index (χ1v) is 12.0. The molecule has 1 amide bonds. The number of rotatable bonds is 11. The molecular formula is C21H24IN5O3S. The lowest BCUT2D eigenvalue weighted by molar-refractivity contribution is -0.118. The Balaban J connectivity index is 1.49. The summed E-state index contributed by atoms with van der Waals surface area (Å²) in [6.45, 7) is 5.56. The van der Waals surface area contributed by atoms with Gasteiger partial charge in [0, 0.05) is 10.1 Å². The number of nitrogens with one attached hydrogen (secondary N) is 1. The second-order valence-corrected chi connectivity index (χ2v) is 8.57. The van der Waals surface area contributed by atoms with Crippen LogP contribution in [-0.2, 0) is 11.2 Å². The molecule has 1 aromatic heterocycles. The summed E-state index contributed by atoms with van der Waals surface area (Å²) in [6, 6.07) is 13.7. The van der Waals surface area contributed by atoms with E-state index >= 15 is 0 Å². The van der Waals surface area contributed by atoms with Gasteiger partial charge in [-0.1, -0.05) is 17.8 Å². The van der Waals surface area contributed by atoms with Crippen molar-refractivity contribution in [3.8, 4) is 17.2 Å². The lowest BCUT2D eigenvalue weighted by Crippen LogP contribution is -2.27. The number of hydrogen-bond acceptors (Lipinski definition) is 7. The molecule has 3 aromatic rings. The molecule has 164 valence electrons. The molecule has 31 heavy (non-hydrogen) atoms. The molecule has 0 unspecified atom stereocenters. The quantitative estimate of drug-likeness (QED) is 0.287. The summed E-state index contributed by atoms with van der Waals surface area (Å²) in [4.78, 5) is 12.3. The Morgan fingerprint density at radius 1 is 1.10 bits per heavy atom. The normalized spacial score (nSPS) is 10.7. The van der Waals surface area contributed by atoms with Crippen LogP contribution in [0.2, 0.25) is 0 Å². The summed E-state index contributed by atoms with van der Waals surface area (Å²) >= 11 is 3.54. The van der Waals surface area contributed by atoms with Crippen molar-refractivity contribution in [2.75, 3.05) is 25.5 Å². The highest BCUT2D eigenvalue weighted by Gasteiger charge is 2.12. The number of thioether (sulfide) groups is 1. The molecule has 1 heterocycles. The molecule has 0 atom stereocenters. The fourth-order valence-electron chi connectivity index (χ4n) is 2.79. The number of carbonyl (C=O) groups is 1. The lowest BCUT2D eigenvalue weighted by Gasteiger charge is -2.12. The topological polar surface area (TPSA) is 91.2 Å². The van der Waals surface area contributed by atoms with Gasteiger partial charge in [-0.15, -0.1) is 5.10 Å². The minimum absolute atomic E-state index is 0.0712. The van der Waals surface area contributed by atoms with Gasteiger partial charge in [-0.05, 0) is 95.2 Å². The van der Waals surface area contributed by atoms with Crippen molar-refractivity contribution in [2.24, 2.45) is 0 Å². The van der Waals surface area contributed by atoms with Crippen LogP contribution in [0.1, 0.15) is 19.4 Å². The van der Waals surface area contributed by atoms with E-state index in [-0.39, 0.29) is 11.7 Å². The second kappa shape index (κ2) is 11.9.